The average molecular weight is 310 g/mol. The molecule has 1 aliphatic rings. The Morgan fingerprint density at radius 1 is 1.13 bits per heavy atom. The lowest BCUT2D eigenvalue weighted by molar-refractivity contribution is 0.0756. The minimum Gasteiger partial charge on any atom is -0.381 e. The van der Waals surface area contributed by atoms with E-state index in [4.69, 9.17) is 0 Å². The maximum atomic E-state index is 12.6. The molecule has 1 fully saturated rings. The van der Waals surface area contributed by atoms with Crippen molar-refractivity contribution in [1.82, 2.24) is 14.9 Å². The predicted molar refractivity (Wildman–Crippen MR) is 90.2 cm³/mol. The van der Waals surface area contributed by atoms with Crippen molar-refractivity contribution in [3.05, 3.63) is 54.1 Å². The summed E-state index contributed by atoms with van der Waals surface area (Å²) in [5, 5.41) is 3.32. The summed E-state index contributed by atoms with van der Waals surface area (Å²) in [6.45, 7) is 2.36. The minimum atomic E-state index is 0.0388. The van der Waals surface area contributed by atoms with Gasteiger partial charge in [-0.25, -0.2) is 0 Å². The molecule has 5 nitrogen and oxygen atoms in total. The van der Waals surface area contributed by atoms with Gasteiger partial charge in [-0.15, -0.1) is 0 Å². The molecule has 120 valence electrons. The molecular formula is C18H22N4O. The van der Waals surface area contributed by atoms with Crippen LogP contribution in [0.5, 0.6) is 0 Å². The van der Waals surface area contributed by atoms with E-state index < -0.39 is 0 Å². The summed E-state index contributed by atoms with van der Waals surface area (Å²) in [6.07, 6.45) is 9.88. The Morgan fingerprint density at radius 2 is 1.96 bits per heavy atom. The molecule has 2 aromatic rings. The van der Waals surface area contributed by atoms with Gasteiger partial charge in [0.15, 0.2) is 0 Å². The van der Waals surface area contributed by atoms with E-state index in [1.54, 1.807) is 12.4 Å². The van der Waals surface area contributed by atoms with Gasteiger partial charge in [0.1, 0.15) is 5.69 Å². The highest BCUT2D eigenvalue weighted by atomic mass is 16.2. The lowest BCUT2D eigenvalue weighted by atomic mass is 10.2. The van der Waals surface area contributed by atoms with Crippen LogP contribution in [0.4, 0.5) is 5.69 Å². The molecule has 0 atom stereocenters. The van der Waals surface area contributed by atoms with Crippen LogP contribution in [-0.4, -0.2) is 33.9 Å². The van der Waals surface area contributed by atoms with Gasteiger partial charge in [0.25, 0.3) is 5.91 Å². The molecule has 1 amide bonds. The smallest absolute Gasteiger partial charge is 0.272 e. The number of amides is 1. The molecule has 3 rings (SSSR count). The monoisotopic (exact) mass is 310 g/mol. The topological polar surface area (TPSA) is 58.1 Å². The quantitative estimate of drug-likeness (QED) is 0.942. The number of likely N-dealkylation sites (tertiary alicyclic amines) is 1. The number of hydrogen-bond donors (Lipinski definition) is 1. The zero-order chi connectivity index (χ0) is 15.9. The fourth-order valence-electron chi connectivity index (χ4n) is 2.80. The van der Waals surface area contributed by atoms with Crippen molar-refractivity contribution in [1.29, 1.82) is 0 Å². The van der Waals surface area contributed by atoms with Crippen LogP contribution in [0, 0.1) is 0 Å². The van der Waals surface area contributed by atoms with E-state index in [-0.39, 0.29) is 5.91 Å². The zero-order valence-corrected chi connectivity index (χ0v) is 13.2. The van der Waals surface area contributed by atoms with E-state index in [0.29, 0.717) is 12.2 Å². The zero-order valence-electron chi connectivity index (χ0n) is 13.2. The molecule has 1 N–H and O–H groups in total. The minimum absolute atomic E-state index is 0.0388. The van der Waals surface area contributed by atoms with Gasteiger partial charge in [-0.1, -0.05) is 18.9 Å². The van der Waals surface area contributed by atoms with Crippen LogP contribution in [0.3, 0.4) is 0 Å². The predicted octanol–water partition coefficient (Wildman–Crippen LogP) is 3.10. The van der Waals surface area contributed by atoms with E-state index in [2.05, 4.69) is 15.3 Å². The highest BCUT2D eigenvalue weighted by Crippen LogP contribution is 2.15. The van der Waals surface area contributed by atoms with Crippen molar-refractivity contribution >= 4 is 11.6 Å². The number of nitrogens with one attached hydrogen (secondary N) is 1. The van der Waals surface area contributed by atoms with Crippen molar-refractivity contribution in [3.8, 4) is 0 Å². The van der Waals surface area contributed by atoms with Gasteiger partial charge in [-0.2, -0.15) is 0 Å². The van der Waals surface area contributed by atoms with E-state index in [0.717, 1.165) is 37.2 Å². The van der Waals surface area contributed by atoms with Crippen LogP contribution < -0.4 is 5.32 Å². The second-order valence-corrected chi connectivity index (χ2v) is 5.85. The SMILES string of the molecule is O=C(c1cc(NCc2cccnc2)ccn1)N1CCCCCC1. The molecule has 0 aliphatic carbocycles. The maximum absolute atomic E-state index is 12.6. The van der Waals surface area contributed by atoms with Gasteiger partial charge in [-0.3, -0.25) is 14.8 Å². The van der Waals surface area contributed by atoms with E-state index in [9.17, 15) is 4.79 Å². The van der Waals surface area contributed by atoms with Crippen molar-refractivity contribution < 1.29 is 4.79 Å². The van der Waals surface area contributed by atoms with E-state index in [1.165, 1.54) is 12.8 Å². The van der Waals surface area contributed by atoms with Gasteiger partial charge >= 0.3 is 0 Å². The second-order valence-electron chi connectivity index (χ2n) is 5.85. The second kappa shape index (κ2) is 7.72. The van der Waals surface area contributed by atoms with Gasteiger partial charge < -0.3 is 10.2 Å². The fourth-order valence-corrected chi connectivity index (χ4v) is 2.80. The lowest BCUT2D eigenvalue weighted by Gasteiger charge is -2.20. The van der Waals surface area contributed by atoms with Crippen LogP contribution >= 0.6 is 0 Å². The van der Waals surface area contributed by atoms with E-state index >= 15 is 0 Å². The van der Waals surface area contributed by atoms with Crippen molar-refractivity contribution in [2.45, 2.75) is 32.2 Å². The standard InChI is InChI=1S/C18H22N4O/c23-18(22-10-3-1-2-4-11-22)17-12-16(7-9-20-17)21-14-15-6-5-8-19-13-15/h5-9,12-13H,1-4,10-11,14H2,(H,20,21). The molecule has 1 aliphatic heterocycles. The number of aromatic nitrogens is 2. The molecule has 3 heterocycles. The van der Waals surface area contributed by atoms with Crippen LogP contribution in [-0.2, 0) is 6.54 Å². The van der Waals surface area contributed by atoms with Crippen molar-refractivity contribution in [2.24, 2.45) is 0 Å². The summed E-state index contributed by atoms with van der Waals surface area (Å²) in [4.78, 5) is 22.9. The molecule has 0 radical (unpaired) electrons. The number of anilines is 1. The normalized spacial score (nSPS) is 15.0. The summed E-state index contributed by atoms with van der Waals surface area (Å²) in [6, 6.07) is 7.65. The summed E-state index contributed by atoms with van der Waals surface area (Å²) in [5.41, 5.74) is 2.52. The summed E-state index contributed by atoms with van der Waals surface area (Å²) in [7, 11) is 0. The Kier molecular flexibility index (Phi) is 5.19. The molecule has 0 saturated carbocycles. The fraction of sp³-hybridized carbons (Fsp3) is 0.389. The summed E-state index contributed by atoms with van der Waals surface area (Å²) < 4.78 is 0. The third kappa shape index (κ3) is 4.28. The van der Waals surface area contributed by atoms with Gasteiger partial charge in [-0.05, 0) is 36.6 Å². The van der Waals surface area contributed by atoms with Gasteiger partial charge in [0.05, 0.1) is 0 Å². The average Bonchev–Trinajstić information content (AvgIpc) is 2.90. The van der Waals surface area contributed by atoms with Gasteiger partial charge in [0, 0.05) is 43.9 Å². The molecule has 23 heavy (non-hydrogen) atoms. The number of hydrogen-bond acceptors (Lipinski definition) is 4. The first-order chi connectivity index (χ1) is 11.3. The Balaban J connectivity index is 1.65. The third-order valence-electron chi connectivity index (χ3n) is 4.09. The Labute approximate surface area is 136 Å². The highest BCUT2D eigenvalue weighted by Gasteiger charge is 2.18. The van der Waals surface area contributed by atoms with Gasteiger partial charge in [0.2, 0.25) is 0 Å². The van der Waals surface area contributed by atoms with Crippen molar-refractivity contribution in [3.63, 3.8) is 0 Å². The number of rotatable bonds is 4. The Bertz CT molecular complexity index is 636. The number of carbonyl (C=O) groups excluding carboxylic acids is 1. The molecule has 0 spiro atoms. The van der Waals surface area contributed by atoms with Crippen LogP contribution in [0.15, 0.2) is 42.9 Å². The molecule has 0 unspecified atom stereocenters. The lowest BCUT2D eigenvalue weighted by Crippen LogP contribution is -2.32. The first-order valence-corrected chi connectivity index (χ1v) is 8.21. The Morgan fingerprint density at radius 3 is 2.70 bits per heavy atom. The number of pyridine rings is 2. The highest BCUT2D eigenvalue weighted by molar-refractivity contribution is 5.93. The molecule has 0 aromatic carbocycles. The molecule has 1 saturated heterocycles. The summed E-state index contributed by atoms with van der Waals surface area (Å²) in [5.74, 6) is 0.0388. The Hall–Kier alpha value is -2.43. The molecule has 2 aromatic heterocycles. The van der Waals surface area contributed by atoms with Crippen LogP contribution in [0.1, 0.15) is 41.7 Å². The van der Waals surface area contributed by atoms with Crippen molar-refractivity contribution in [2.75, 3.05) is 18.4 Å². The van der Waals surface area contributed by atoms with Crippen LogP contribution in [0.2, 0.25) is 0 Å². The molecule has 0 bridgehead atoms. The number of nitrogens with zero attached hydrogens (tertiary/aromatic N) is 3. The van der Waals surface area contributed by atoms with E-state index in [1.807, 2.05) is 35.4 Å². The largest absolute Gasteiger partial charge is 0.381 e. The summed E-state index contributed by atoms with van der Waals surface area (Å²) >= 11 is 0. The molecular weight excluding hydrogens is 288 g/mol. The first kappa shape index (κ1) is 15.5. The number of carbonyl (C=O) groups is 1. The third-order valence-corrected chi connectivity index (χ3v) is 4.09. The molecule has 5 heteroatoms. The maximum Gasteiger partial charge on any atom is 0.272 e. The first-order valence-electron chi connectivity index (χ1n) is 8.21. The van der Waals surface area contributed by atoms with Crippen LogP contribution in [0.25, 0.3) is 0 Å².